The third-order valence-electron chi connectivity index (χ3n) is 3.02. The molecule has 21 heavy (non-hydrogen) atoms. The first-order valence-corrected chi connectivity index (χ1v) is 6.38. The van der Waals surface area contributed by atoms with Gasteiger partial charge in [0.15, 0.2) is 6.61 Å². The molecule has 0 heterocycles. The molecule has 0 aliphatic heterocycles. The van der Waals surface area contributed by atoms with Crippen LogP contribution in [-0.2, 0) is 0 Å². The van der Waals surface area contributed by atoms with Crippen molar-refractivity contribution < 1.29 is 9.53 Å². The van der Waals surface area contributed by atoms with Gasteiger partial charge in [0.1, 0.15) is 11.8 Å². The van der Waals surface area contributed by atoms with Gasteiger partial charge in [0.05, 0.1) is 0 Å². The molecule has 0 aliphatic carbocycles. The first-order chi connectivity index (χ1) is 10.1. The van der Waals surface area contributed by atoms with E-state index in [0.717, 1.165) is 5.56 Å². The van der Waals surface area contributed by atoms with Crippen molar-refractivity contribution in [2.75, 3.05) is 17.7 Å². The highest BCUT2D eigenvalue weighted by Gasteiger charge is 2.11. The average molecular weight is 281 g/mol. The molecular weight excluding hydrogens is 266 g/mol. The molecule has 0 saturated heterocycles. The molecule has 0 saturated carbocycles. The van der Waals surface area contributed by atoms with Crippen molar-refractivity contribution >= 4 is 17.3 Å². The number of nitrogen functional groups attached to an aromatic ring is 1. The monoisotopic (exact) mass is 281 g/mol. The van der Waals surface area contributed by atoms with Crippen LogP contribution in [0.5, 0.6) is 5.75 Å². The Morgan fingerprint density at radius 2 is 2.10 bits per heavy atom. The van der Waals surface area contributed by atoms with E-state index in [-0.39, 0.29) is 12.5 Å². The average Bonchev–Trinajstić information content (AvgIpc) is 2.48. The predicted octanol–water partition coefficient (Wildman–Crippen LogP) is 2.73. The fourth-order valence-electron chi connectivity index (χ4n) is 1.88. The van der Waals surface area contributed by atoms with Crippen molar-refractivity contribution in [2.24, 2.45) is 0 Å². The number of ether oxygens (including phenoxy) is 1. The summed E-state index contributed by atoms with van der Waals surface area (Å²) in [5.74, 6) is 0.288. The Hall–Kier alpha value is -3.00. The zero-order chi connectivity index (χ0) is 15.2. The zero-order valence-corrected chi connectivity index (χ0v) is 11.6. The Morgan fingerprint density at radius 1 is 1.33 bits per heavy atom. The summed E-state index contributed by atoms with van der Waals surface area (Å²) in [5.41, 5.74) is 8.24. The summed E-state index contributed by atoms with van der Waals surface area (Å²) in [6.07, 6.45) is 0. The second kappa shape index (κ2) is 6.44. The predicted molar refractivity (Wildman–Crippen MR) is 81.1 cm³/mol. The smallest absolute Gasteiger partial charge is 0.256 e. The topological polar surface area (TPSA) is 88.1 Å². The fourth-order valence-corrected chi connectivity index (χ4v) is 1.88. The Balaban J connectivity index is 2.16. The third kappa shape index (κ3) is 3.51. The number of nitrogens with one attached hydrogen (secondary N) is 1. The van der Waals surface area contributed by atoms with Crippen LogP contribution >= 0.6 is 0 Å². The number of nitriles is 1. The Kier molecular flexibility index (Phi) is 4.42. The first kappa shape index (κ1) is 14.4. The van der Waals surface area contributed by atoms with Gasteiger partial charge in [-0.25, -0.2) is 0 Å². The molecule has 0 bridgehead atoms. The van der Waals surface area contributed by atoms with Crippen molar-refractivity contribution in [1.82, 2.24) is 0 Å². The van der Waals surface area contributed by atoms with Crippen LogP contribution in [-0.4, -0.2) is 12.5 Å². The van der Waals surface area contributed by atoms with Crippen molar-refractivity contribution in [3.8, 4) is 11.8 Å². The van der Waals surface area contributed by atoms with E-state index in [1.165, 1.54) is 0 Å². The minimum Gasteiger partial charge on any atom is -0.479 e. The highest BCUT2D eigenvalue weighted by molar-refractivity contribution is 6.06. The van der Waals surface area contributed by atoms with E-state index in [9.17, 15) is 4.79 Å². The van der Waals surface area contributed by atoms with E-state index < -0.39 is 0 Å². The maximum absolute atomic E-state index is 12.3. The number of nitrogens with two attached hydrogens (primary N) is 1. The molecule has 5 heteroatoms. The number of anilines is 2. The molecule has 2 rings (SSSR count). The molecule has 2 aromatic carbocycles. The fraction of sp³-hybridized carbons (Fsp3) is 0.125. The molecule has 0 fully saturated rings. The quantitative estimate of drug-likeness (QED) is 0.843. The van der Waals surface area contributed by atoms with E-state index in [4.69, 9.17) is 15.7 Å². The van der Waals surface area contributed by atoms with Crippen molar-refractivity contribution in [3.63, 3.8) is 0 Å². The summed E-state index contributed by atoms with van der Waals surface area (Å²) < 4.78 is 5.19. The Labute approximate surface area is 123 Å². The van der Waals surface area contributed by atoms with Gasteiger partial charge in [0.2, 0.25) is 0 Å². The molecule has 0 radical (unpaired) electrons. The minimum atomic E-state index is -0.239. The highest BCUT2D eigenvalue weighted by atomic mass is 16.5. The standard InChI is InChI=1S/C16H15N3O2/c1-11-14(6-3-7-15(11)18)16(20)19-12-4-2-5-13(10-12)21-9-8-17/h2-7,10H,9,18H2,1H3,(H,19,20). The molecule has 0 aliphatic rings. The van der Waals surface area contributed by atoms with Crippen molar-refractivity contribution in [3.05, 3.63) is 53.6 Å². The van der Waals surface area contributed by atoms with E-state index in [1.54, 1.807) is 49.4 Å². The number of amides is 1. The number of rotatable bonds is 4. The SMILES string of the molecule is Cc1c(N)cccc1C(=O)Nc1cccc(OCC#N)c1. The summed E-state index contributed by atoms with van der Waals surface area (Å²) in [5, 5.41) is 11.3. The second-order valence-corrected chi connectivity index (χ2v) is 4.45. The lowest BCUT2D eigenvalue weighted by atomic mass is 10.1. The third-order valence-corrected chi connectivity index (χ3v) is 3.02. The highest BCUT2D eigenvalue weighted by Crippen LogP contribution is 2.20. The number of hydrogen-bond donors (Lipinski definition) is 2. The molecule has 5 nitrogen and oxygen atoms in total. The van der Waals surface area contributed by atoms with Gasteiger partial charge in [-0.05, 0) is 36.8 Å². The van der Waals surface area contributed by atoms with Crippen molar-refractivity contribution in [2.45, 2.75) is 6.92 Å². The molecule has 106 valence electrons. The molecule has 0 unspecified atom stereocenters. The van der Waals surface area contributed by atoms with Crippen LogP contribution in [0.15, 0.2) is 42.5 Å². The van der Waals surface area contributed by atoms with Gasteiger partial charge in [0.25, 0.3) is 5.91 Å². The first-order valence-electron chi connectivity index (χ1n) is 6.38. The summed E-state index contributed by atoms with van der Waals surface area (Å²) in [7, 11) is 0. The van der Waals surface area contributed by atoms with Crippen LogP contribution < -0.4 is 15.8 Å². The summed E-state index contributed by atoms with van der Waals surface area (Å²) in [6, 6.07) is 14.0. The van der Waals surface area contributed by atoms with Gasteiger partial charge in [-0.15, -0.1) is 0 Å². The van der Waals surface area contributed by atoms with Gasteiger partial charge in [-0.1, -0.05) is 12.1 Å². The minimum absolute atomic E-state index is 0.0360. The van der Waals surface area contributed by atoms with Gasteiger partial charge >= 0.3 is 0 Å². The van der Waals surface area contributed by atoms with Crippen LogP contribution in [0.4, 0.5) is 11.4 Å². The molecule has 2 aromatic rings. The van der Waals surface area contributed by atoms with Crippen LogP contribution in [0.25, 0.3) is 0 Å². The molecule has 1 amide bonds. The van der Waals surface area contributed by atoms with Crippen LogP contribution in [0.3, 0.4) is 0 Å². The maximum Gasteiger partial charge on any atom is 0.256 e. The largest absolute Gasteiger partial charge is 0.479 e. The van der Waals surface area contributed by atoms with Gasteiger partial charge in [0, 0.05) is 23.0 Å². The number of carbonyl (C=O) groups is 1. The molecule has 0 atom stereocenters. The molecule has 3 N–H and O–H groups in total. The lowest BCUT2D eigenvalue weighted by Gasteiger charge is -2.10. The van der Waals surface area contributed by atoms with Gasteiger partial charge < -0.3 is 15.8 Å². The van der Waals surface area contributed by atoms with Gasteiger partial charge in [-0.3, -0.25) is 4.79 Å². The molecular formula is C16H15N3O2. The van der Waals surface area contributed by atoms with Gasteiger partial charge in [-0.2, -0.15) is 5.26 Å². The number of hydrogen-bond acceptors (Lipinski definition) is 4. The maximum atomic E-state index is 12.3. The summed E-state index contributed by atoms with van der Waals surface area (Å²) >= 11 is 0. The Bertz CT molecular complexity index is 705. The van der Waals surface area contributed by atoms with E-state index in [1.807, 2.05) is 6.07 Å². The number of nitrogens with zero attached hydrogens (tertiary/aromatic N) is 1. The van der Waals surface area contributed by atoms with E-state index in [0.29, 0.717) is 22.7 Å². The Morgan fingerprint density at radius 3 is 2.86 bits per heavy atom. The normalized spacial score (nSPS) is 9.71. The lowest BCUT2D eigenvalue weighted by molar-refractivity contribution is 0.102. The zero-order valence-electron chi connectivity index (χ0n) is 11.6. The van der Waals surface area contributed by atoms with E-state index in [2.05, 4.69) is 5.32 Å². The molecule has 0 aromatic heterocycles. The van der Waals surface area contributed by atoms with Crippen molar-refractivity contribution in [1.29, 1.82) is 5.26 Å². The number of carbonyl (C=O) groups excluding carboxylic acids is 1. The van der Waals surface area contributed by atoms with Crippen LogP contribution in [0.1, 0.15) is 15.9 Å². The summed E-state index contributed by atoms with van der Waals surface area (Å²) in [6.45, 7) is 1.77. The lowest BCUT2D eigenvalue weighted by Crippen LogP contribution is -2.14. The van der Waals surface area contributed by atoms with Crippen LogP contribution in [0.2, 0.25) is 0 Å². The summed E-state index contributed by atoms with van der Waals surface area (Å²) in [4.78, 5) is 12.3. The number of benzene rings is 2. The second-order valence-electron chi connectivity index (χ2n) is 4.45. The van der Waals surface area contributed by atoms with Crippen LogP contribution in [0, 0.1) is 18.3 Å². The van der Waals surface area contributed by atoms with E-state index >= 15 is 0 Å². The molecule has 0 spiro atoms.